The van der Waals surface area contributed by atoms with Gasteiger partial charge >= 0.3 is 0 Å². The van der Waals surface area contributed by atoms with Crippen molar-refractivity contribution in [1.29, 1.82) is 0 Å². The third-order valence-corrected chi connectivity index (χ3v) is 6.49. The summed E-state index contributed by atoms with van der Waals surface area (Å²) in [6.07, 6.45) is 4.10. The molecule has 8 heteroatoms. The van der Waals surface area contributed by atoms with Gasteiger partial charge < -0.3 is 15.1 Å². The zero-order valence-corrected chi connectivity index (χ0v) is 21.9. The number of nitrogens with one attached hydrogen (secondary N) is 1. The van der Waals surface area contributed by atoms with Crippen LogP contribution in [-0.4, -0.2) is 83.9 Å². The molecular weight excluding hydrogens is 527 g/mol. The fourth-order valence-electron chi connectivity index (χ4n) is 4.57. The molecule has 2 aromatic rings. The van der Waals surface area contributed by atoms with E-state index >= 15 is 0 Å². The molecule has 0 radical (unpaired) electrons. The van der Waals surface area contributed by atoms with E-state index in [1.54, 1.807) is 0 Å². The molecule has 1 aromatic heterocycles. The first-order chi connectivity index (χ1) is 15.7. The van der Waals surface area contributed by atoms with Crippen LogP contribution in [0, 0.1) is 0 Å². The number of guanidine groups is 1. The quantitative estimate of drug-likeness (QED) is 0.345. The smallest absolute Gasteiger partial charge is 0.239 e. The molecule has 2 fully saturated rings. The highest BCUT2D eigenvalue weighted by atomic mass is 127. The molecule has 178 valence electrons. The predicted octanol–water partition coefficient (Wildman–Crippen LogP) is 3.07. The Morgan fingerprint density at radius 1 is 1.03 bits per heavy atom. The zero-order chi connectivity index (χ0) is 22.3. The van der Waals surface area contributed by atoms with Gasteiger partial charge in [-0.25, -0.2) is 0 Å². The van der Waals surface area contributed by atoms with Gasteiger partial charge in [0.2, 0.25) is 5.91 Å². The topological polar surface area (TPSA) is 64.1 Å². The number of benzene rings is 1. The van der Waals surface area contributed by atoms with E-state index in [4.69, 9.17) is 0 Å². The third-order valence-electron chi connectivity index (χ3n) is 6.49. The summed E-state index contributed by atoms with van der Waals surface area (Å²) in [6, 6.07) is 14.4. The van der Waals surface area contributed by atoms with E-state index in [2.05, 4.69) is 56.3 Å². The van der Waals surface area contributed by atoms with Gasteiger partial charge in [-0.1, -0.05) is 24.3 Å². The Bertz CT molecular complexity index is 924. The van der Waals surface area contributed by atoms with Crippen molar-refractivity contribution in [3.63, 3.8) is 0 Å². The van der Waals surface area contributed by atoms with Gasteiger partial charge in [0.05, 0.1) is 11.7 Å². The van der Waals surface area contributed by atoms with Gasteiger partial charge in [0, 0.05) is 64.6 Å². The first kappa shape index (κ1) is 25.4. The van der Waals surface area contributed by atoms with E-state index in [1.165, 1.54) is 5.56 Å². The van der Waals surface area contributed by atoms with Crippen LogP contribution in [0.3, 0.4) is 0 Å². The number of piperazine rings is 1. The molecule has 2 saturated heterocycles. The monoisotopic (exact) mass is 562 g/mol. The number of pyridine rings is 1. The maximum Gasteiger partial charge on any atom is 0.239 e. The van der Waals surface area contributed by atoms with Gasteiger partial charge in [0.1, 0.15) is 0 Å². The highest BCUT2D eigenvalue weighted by Gasteiger charge is 2.30. The van der Waals surface area contributed by atoms with Crippen molar-refractivity contribution in [1.82, 2.24) is 25.0 Å². The summed E-state index contributed by atoms with van der Waals surface area (Å²) in [7, 11) is 1.83. The van der Waals surface area contributed by atoms with Crippen molar-refractivity contribution in [2.24, 2.45) is 4.99 Å². The minimum Gasteiger partial charge on any atom is -0.352 e. The number of likely N-dealkylation sites (tertiary alicyclic amines) is 1. The minimum absolute atomic E-state index is 0. The number of aromatic nitrogens is 1. The van der Waals surface area contributed by atoms with Crippen molar-refractivity contribution in [2.45, 2.75) is 32.4 Å². The average molecular weight is 563 g/mol. The maximum atomic E-state index is 12.7. The normalized spacial score (nSPS) is 18.1. The van der Waals surface area contributed by atoms with Gasteiger partial charge in [-0.15, -0.1) is 24.0 Å². The molecule has 2 aliphatic rings. The Balaban J connectivity index is 0.00000306. The third kappa shape index (κ3) is 6.44. The van der Waals surface area contributed by atoms with E-state index in [0.29, 0.717) is 6.54 Å². The maximum absolute atomic E-state index is 12.7. The minimum atomic E-state index is -0.0421. The molecule has 0 bridgehead atoms. The summed E-state index contributed by atoms with van der Waals surface area (Å²) in [5.41, 5.74) is 3.29. The SMILES string of the molecule is CN=C(NCc1cccc(-c2ccccn2)c1)N1CCN(C(C)C(=O)N2CCCC2)CC1.I. The van der Waals surface area contributed by atoms with E-state index in [9.17, 15) is 4.79 Å². The van der Waals surface area contributed by atoms with Crippen molar-refractivity contribution in [3.05, 3.63) is 54.2 Å². The van der Waals surface area contributed by atoms with E-state index in [1.807, 2.05) is 36.3 Å². The molecule has 2 aliphatic heterocycles. The lowest BCUT2D eigenvalue weighted by atomic mass is 10.1. The highest BCUT2D eigenvalue weighted by Crippen LogP contribution is 2.18. The second-order valence-corrected chi connectivity index (χ2v) is 8.55. The Kier molecular flexibility index (Phi) is 9.49. The van der Waals surface area contributed by atoms with Gasteiger partial charge in [-0.2, -0.15) is 0 Å². The predicted molar refractivity (Wildman–Crippen MR) is 144 cm³/mol. The van der Waals surface area contributed by atoms with Crippen molar-refractivity contribution in [3.8, 4) is 11.3 Å². The summed E-state index contributed by atoms with van der Waals surface area (Å²) in [5, 5.41) is 3.51. The lowest BCUT2D eigenvalue weighted by Gasteiger charge is -2.39. The Labute approximate surface area is 214 Å². The molecule has 0 spiro atoms. The fourth-order valence-corrected chi connectivity index (χ4v) is 4.57. The number of nitrogens with zero attached hydrogens (tertiary/aromatic N) is 5. The van der Waals surface area contributed by atoms with Gasteiger partial charge in [-0.05, 0) is 43.5 Å². The number of halogens is 1. The van der Waals surface area contributed by atoms with Crippen molar-refractivity contribution in [2.75, 3.05) is 46.3 Å². The Hall–Kier alpha value is -2.20. The summed E-state index contributed by atoms with van der Waals surface area (Å²) < 4.78 is 0. The first-order valence-electron chi connectivity index (χ1n) is 11.6. The summed E-state index contributed by atoms with van der Waals surface area (Å²) >= 11 is 0. The molecule has 1 atom stereocenters. The lowest BCUT2D eigenvalue weighted by Crippen LogP contribution is -2.57. The van der Waals surface area contributed by atoms with Crippen LogP contribution in [0.25, 0.3) is 11.3 Å². The van der Waals surface area contributed by atoms with E-state index in [-0.39, 0.29) is 35.9 Å². The van der Waals surface area contributed by atoms with Crippen LogP contribution in [0.4, 0.5) is 0 Å². The first-order valence-corrected chi connectivity index (χ1v) is 11.6. The van der Waals surface area contributed by atoms with Crippen LogP contribution in [-0.2, 0) is 11.3 Å². The second-order valence-electron chi connectivity index (χ2n) is 8.55. The number of hydrogen-bond donors (Lipinski definition) is 1. The Morgan fingerprint density at radius 2 is 1.79 bits per heavy atom. The summed E-state index contributed by atoms with van der Waals surface area (Å²) in [4.78, 5) is 28.3. The molecule has 33 heavy (non-hydrogen) atoms. The highest BCUT2D eigenvalue weighted by molar-refractivity contribution is 14.0. The van der Waals surface area contributed by atoms with Gasteiger partial charge in [0.15, 0.2) is 5.96 Å². The molecular formula is C25H35IN6O. The molecule has 1 aromatic carbocycles. The summed E-state index contributed by atoms with van der Waals surface area (Å²) in [5.74, 6) is 1.19. The van der Waals surface area contributed by atoms with Crippen molar-refractivity contribution < 1.29 is 4.79 Å². The molecule has 3 heterocycles. The molecule has 1 N–H and O–H groups in total. The molecule has 7 nitrogen and oxygen atoms in total. The van der Waals surface area contributed by atoms with Crippen LogP contribution in [0.2, 0.25) is 0 Å². The van der Waals surface area contributed by atoms with E-state index in [0.717, 1.165) is 69.3 Å². The van der Waals surface area contributed by atoms with Gasteiger partial charge in [0.25, 0.3) is 0 Å². The van der Waals surface area contributed by atoms with Crippen LogP contribution >= 0.6 is 24.0 Å². The molecule has 0 aliphatic carbocycles. The molecule has 1 amide bonds. The fraction of sp³-hybridized carbons (Fsp3) is 0.480. The number of rotatable bonds is 5. The van der Waals surface area contributed by atoms with E-state index < -0.39 is 0 Å². The average Bonchev–Trinajstić information content (AvgIpc) is 3.40. The number of carbonyl (C=O) groups excluding carboxylic acids is 1. The second kappa shape index (κ2) is 12.3. The standard InChI is InChI=1S/C25H34N6O.HI/c1-20(24(32)30-12-5-6-13-30)29-14-16-31(17-15-29)25(26-2)28-19-21-8-7-9-22(18-21)23-10-3-4-11-27-23;/h3-4,7-11,18,20H,5-6,12-17,19H2,1-2H3,(H,26,28);1H. The summed E-state index contributed by atoms with van der Waals surface area (Å²) in [6.45, 7) is 8.07. The number of amides is 1. The zero-order valence-electron chi connectivity index (χ0n) is 19.6. The largest absolute Gasteiger partial charge is 0.352 e. The molecule has 0 saturated carbocycles. The van der Waals surface area contributed by atoms with Crippen LogP contribution in [0.15, 0.2) is 53.7 Å². The van der Waals surface area contributed by atoms with Crippen LogP contribution in [0.1, 0.15) is 25.3 Å². The van der Waals surface area contributed by atoms with Gasteiger partial charge in [-0.3, -0.25) is 19.7 Å². The molecule has 1 unspecified atom stereocenters. The molecule has 4 rings (SSSR count). The number of aliphatic imine (C=N–C) groups is 1. The van der Waals surface area contributed by atoms with Crippen LogP contribution in [0.5, 0.6) is 0 Å². The lowest BCUT2D eigenvalue weighted by molar-refractivity contribution is -0.135. The number of carbonyl (C=O) groups is 1. The Morgan fingerprint density at radius 3 is 2.45 bits per heavy atom. The van der Waals surface area contributed by atoms with Crippen LogP contribution < -0.4 is 5.32 Å². The number of hydrogen-bond acceptors (Lipinski definition) is 4. The van der Waals surface area contributed by atoms with Crippen molar-refractivity contribution >= 4 is 35.8 Å².